The number of anilines is 1. The molecule has 0 aromatic heterocycles. The van der Waals surface area contributed by atoms with E-state index in [-0.39, 0.29) is 31.3 Å². The molecule has 0 radical (unpaired) electrons. The molecule has 102 valence electrons. The van der Waals surface area contributed by atoms with Gasteiger partial charge in [-0.2, -0.15) is 0 Å². The van der Waals surface area contributed by atoms with Crippen LogP contribution in [0, 0.1) is 0 Å². The van der Waals surface area contributed by atoms with Crippen LogP contribution in [-0.4, -0.2) is 24.5 Å². The van der Waals surface area contributed by atoms with Gasteiger partial charge in [-0.25, -0.2) is 0 Å². The van der Waals surface area contributed by atoms with E-state index in [9.17, 15) is 9.59 Å². The van der Waals surface area contributed by atoms with Gasteiger partial charge in [-0.05, 0) is 30.5 Å². The van der Waals surface area contributed by atoms with E-state index in [0.29, 0.717) is 11.7 Å². The summed E-state index contributed by atoms with van der Waals surface area (Å²) in [5.74, 6) is -0.399. The van der Waals surface area contributed by atoms with Gasteiger partial charge in [0.05, 0.1) is 12.8 Å². The molecule has 1 saturated carbocycles. The van der Waals surface area contributed by atoms with Crippen molar-refractivity contribution in [2.75, 3.05) is 12.3 Å². The standard InChI is InChI=1S/C14H18N2O3/c15-11-3-1-2-10(8-11)9-14(18)19-7-6-13(17)16-12-4-5-12/h1-3,8,12H,4-7,9,15H2,(H,16,17). The lowest BCUT2D eigenvalue weighted by Gasteiger charge is -2.06. The van der Waals surface area contributed by atoms with Crippen LogP contribution in [0.25, 0.3) is 0 Å². The summed E-state index contributed by atoms with van der Waals surface area (Å²) in [4.78, 5) is 22.9. The molecule has 1 aromatic carbocycles. The van der Waals surface area contributed by atoms with Crippen LogP contribution in [0.1, 0.15) is 24.8 Å². The van der Waals surface area contributed by atoms with Crippen LogP contribution in [0.15, 0.2) is 24.3 Å². The van der Waals surface area contributed by atoms with E-state index in [1.807, 2.05) is 6.07 Å². The van der Waals surface area contributed by atoms with Gasteiger partial charge in [0.2, 0.25) is 5.91 Å². The lowest BCUT2D eigenvalue weighted by Crippen LogP contribution is -2.26. The average Bonchev–Trinajstić information content (AvgIpc) is 3.12. The zero-order valence-electron chi connectivity index (χ0n) is 10.7. The maximum absolute atomic E-state index is 11.5. The Hall–Kier alpha value is -2.04. The molecule has 0 saturated heterocycles. The molecule has 1 aliphatic rings. The summed E-state index contributed by atoms with van der Waals surface area (Å²) in [7, 11) is 0. The molecule has 0 atom stereocenters. The third-order valence-corrected chi connectivity index (χ3v) is 2.83. The molecule has 2 rings (SSSR count). The maximum atomic E-state index is 11.5. The summed E-state index contributed by atoms with van der Waals surface area (Å²) >= 11 is 0. The molecule has 5 heteroatoms. The second kappa shape index (κ2) is 6.22. The normalized spacial score (nSPS) is 13.9. The van der Waals surface area contributed by atoms with Crippen LogP contribution >= 0.6 is 0 Å². The molecular weight excluding hydrogens is 244 g/mol. The minimum Gasteiger partial charge on any atom is -0.465 e. The number of carbonyl (C=O) groups is 2. The van der Waals surface area contributed by atoms with Crippen molar-refractivity contribution in [1.29, 1.82) is 0 Å². The Morgan fingerprint density at radius 1 is 1.37 bits per heavy atom. The molecule has 5 nitrogen and oxygen atoms in total. The molecular formula is C14H18N2O3. The number of nitrogens with two attached hydrogens (primary N) is 1. The topological polar surface area (TPSA) is 81.4 Å². The number of esters is 1. The van der Waals surface area contributed by atoms with E-state index in [0.717, 1.165) is 18.4 Å². The van der Waals surface area contributed by atoms with Crippen molar-refractivity contribution in [1.82, 2.24) is 5.32 Å². The molecule has 19 heavy (non-hydrogen) atoms. The first-order valence-electron chi connectivity index (χ1n) is 6.43. The zero-order valence-corrected chi connectivity index (χ0v) is 10.7. The second-order valence-electron chi connectivity index (χ2n) is 4.73. The first-order chi connectivity index (χ1) is 9.13. The highest BCUT2D eigenvalue weighted by molar-refractivity contribution is 5.77. The Balaban J connectivity index is 1.65. The van der Waals surface area contributed by atoms with Crippen LogP contribution < -0.4 is 11.1 Å². The van der Waals surface area contributed by atoms with Crippen molar-refractivity contribution < 1.29 is 14.3 Å². The van der Waals surface area contributed by atoms with E-state index in [1.54, 1.807) is 18.2 Å². The molecule has 0 heterocycles. The van der Waals surface area contributed by atoms with Gasteiger partial charge in [-0.15, -0.1) is 0 Å². The maximum Gasteiger partial charge on any atom is 0.310 e. The smallest absolute Gasteiger partial charge is 0.310 e. The molecule has 0 aliphatic heterocycles. The number of amides is 1. The first kappa shape index (κ1) is 13.4. The summed E-state index contributed by atoms with van der Waals surface area (Å²) in [5.41, 5.74) is 7.05. The summed E-state index contributed by atoms with van der Waals surface area (Å²) < 4.78 is 5.02. The third-order valence-electron chi connectivity index (χ3n) is 2.83. The summed E-state index contributed by atoms with van der Waals surface area (Å²) in [6, 6.07) is 7.45. The van der Waals surface area contributed by atoms with Crippen molar-refractivity contribution in [2.45, 2.75) is 31.7 Å². The largest absolute Gasteiger partial charge is 0.465 e. The predicted molar refractivity (Wildman–Crippen MR) is 71.3 cm³/mol. The van der Waals surface area contributed by atoms with Gasteiger partial charge in [0.25, 0.3) is 0 Å². The highest BCUT2D eigenvalue weighted by Gasteiger charge is 2.22. The van der Waals surface area contributed by atoms with Crippen LogP contribution in [0.5, 0.6) is 0 Å². The van der Waals surface area contributed by atoms with Gasteiger partial charge in [0.15, 0.2) is 0 Å². The third kappa shape index (κ3) is 4.99. The Kier molecular flexibility index (Phi) is 4.39. The number of carbonyl (C=O) groups excluding carboxylic acids is 2. The summed E-state index contributed by atoms with van der Waals surface area (Å²) in [5, 5.41) is 2.84. The van der Waals surface area contributed by atoms with E-state index >= 15 is 0 Å². The van der Waals surface area contributed by atoms with Crippen molar-refractivity contribution in [3.63, 3.8) is 0 Å². The highest BCUT2D eigenvalue weighted by atomic mass is 16.5. The first-order valence-corrected chi connectivity index (χ1v) is 6.43. The number of hydrogen-bond donors (Lipinski definition) is 2. The van der Waals surface area contributed by atoms with Crippen LogP contribution in [0.2, 0.25) is 0 Å². The molecule has 3 N–H and O–H groups in total. The minimum atomic E-state index is -0.343. The molecule has 1 aliphatic carbocycles. The lowest BCUT2D eigenvalue weighted by atomic mass is 10.1. The fourth-order valence-electron chi connectivity index (χ4n) is 1.71. The van der Waals surface area contributed by atoms with Crippen molar-refractivity contribution in [2.24, 2.45) is 0 Å². The quantitative estimate of drug-likeness (QED) is 0.592. The van der Waals surface area contributed by atoms with E-state index in [4.69, 9.17) is 10.5 Å². The SMILES string of the molecule is Nc1cccc(CC(=O)OCCC(=O)NC2CC2)c1. The fraction of sp³-hybridized carbons (Fsp3) is 0.429. The number of ether oxygens (including phenoxy) is 1. The molecule has 1 fully saturated rings. The molecule has 1 aromatic rings. The van der Waals surface area contributed by atoms with Gasteiger partial charge in [0, 0.05) is 11.7 Å². The highest BCUT2D eigenvalue weighted by Crippen LogP contribution is 2.18. The number of hydrogen-bond acceptors (Lipinski definition) is 4. The monoisotopic (exact) mass is 262 g/mol. The molecule has 0 bridgehead atoms. The fourth-order valence-corrected chi connectivity index (χ4v) is 1.71. The summed E-state index contributed by atoms with van der Waals surface area (Å²) in [6.07, 6.45) is 2.51. The van der Waals surface area contributed by atoms with Gasteiger partial charge in [-0.3, -0.25) is 9.59 Å². The Morgan fingerprint density at radius 2 is 2.16 bits per heavy atom. The number of rotatable bonds is 6. The van der Waals surface area contributed by atoms with Crippen LogP contribution in [-0.2, 0) is 20.7 Å². The van der Waals surface area contributed by atoms with Crippen LogP contribution in [0.4, 0.5) is 5.69 Å². The predicted octanol–water partition coefficient (Wildman–Crippen LogP) is 1.02. The van der Waals surface area contributed by atoms with Gasteiger partial charge in [-0.1, -0.05) is 12.1 Å². The van der Waals surface area contributed by atoms with Gasteiger partial charge >= 0.3 is 5.97 Å². The minimum absolute atomic E-state index is 0.0562. The Labute approximate surface area is 112 Å². The number of nitrogen functional groups attached to an aromatic ring is 1. The van der Waals surface area contributed by atoms with Gasteiger partial charge in [0.1, 0.15) is 6.61 Å². The van der Waals surface area contributed by atoms with E-state index < -0.39 is 0 Å². The number of benzene rings is 1. The molecule has 0 unspecified atom stereocenters. The Morgan fingerprint density at radius 3 is 2.84 bits per heavy atom. The number of nitrogens with one attached hydrogen (secondary N) is 1. The average molecular weight is 262 g/mol. The van der Waals surface area contributed by atoms with Crippen molar-refractivity contribution >= 4 is 17.6 Å². The van der Waals surface area contributed by atoms with E-state index in [2.05, 4.69) is 5.32 Å². The van der Waals surface area contributed by atoms with Gasteiger partial charge < -0.3 is 15.8 Å². The van der Waals surface area contributed by atoms with Crippen molar-refractivity contribution in [3.8, 4) is 0 Å². The van der Waals surface area contributed by atoms with Crippen LogP contribution in [0.3, 0.4) is 0 Å². The second-order valence-corrected chi connectivity index (χ2v) is 4.73. The Bertz CT molecular complexity index is 470. The van der Waals surface area contributed by atoms with Crippen molar-refractivity contribution in [3.05, 3.63) is 29.8 Å². The zero-order chi connectivity index (χ0) is 13.7. The summed E-state index contributed by atoms with van der Waals surface area (Å²) in [6.45, 7) is 0.125. The van der Waals surface area contributed by atoms with E-state index in [1.165, 1.54) is 0 Å². The lowest BCUT2D eigenvalue weighted by molar-refractivity contribution is -0.143. The molecule has 0 spiro atoms. The molecule has 1 amide bonds.